The van der Waals surface area contributed by atoms with E-state index >= 15 is 0 Å². The van der Waals surface area contributed by atoms with Gasteiger partial charge in [0.05, 0.1) is 24.4 Å². The summed E-state index contributed by atoms with van der Waals surface area (Å²) in [6.07, 6.45) is 0. The van der Waals surface area contributed by atoms with Gasteiger partial charge in [-0.1, -0.05) is 17.4 Å². The van der Waals surface area contributed by atoms with E-state index in [-0.39, 0.29) is 4.87 Å². The van der Waals surface area contributed by atoms with Crippen molar-refractivity contribution in [1.82, 2.24) is 4.57 Å². The molecule has 120 valence electrons. The Kier molecular flexibility index (Phi) is 4.25. The Bertz CT molecular complexity index is 898. The lowest BCUT2D eigenvalue weighted by Crippen LogP contribution is -2.06. The van der Waals surface area contributed by atoms with E-state index in [2.05, 4.69) is 5.32 Å². The Morgan fingerprint density at radius 3 is 2.61 bits per heavy atom. The molecule has 0 spiro atoms. The summed E-state index contributed by atoms with van der Waals surface area (Å²) in [4.78, 5) is 11.7. The molecule has 0 amide bonds. The van der Waals surface area contributed by atoms with Crippen molar-refractivity contribution >= 4 is 27.2 Å². The van der Waals surface area contributed by atoms with Gasteiger partial charge in [0.25, 0.3) is 0 Å². The number of hydrogen-bond acceptors (Lipinski definition) is 5. The van der Waals surface area contributed by atoms with Crippen LogP contribution in [0.1, 0.15) is 5.56 Å². The molecule has 0 aliphatic heterocycles. The van der Waals surface area contributed by atoms with Gasteiger partial charge in [-0.3, -0.25) is 4.79 Å². The number of methoxy groups -OCH3 is 2. The van der Waals surface area contributed by atoms with Crippen LogP contribution in [-0.4, -0.2) is 18.8 Å². The molecule has 5 nitrogen and oxygen atoms in total. The first-order valence-electron chi connectivity index (χ1n) is 7.16. The second-order valence-electron chi connectivity index (χ2n) is 5.15. The smallest absolute Gasteiger partial charge is 0.307 e. The molecule has 0 fully saturated rings. The second kappa shape index (κ2) is 6.34. The molecule has 2 aromatic carbocycles. The third kappa shape index (κ3) is 3.03. The van der Waals surface area contributed by atoms with Crippen LogP contribution >= 0.6 is 11.3 Å². The van der Waals surface area contributed by atoms with Gasteiger partial charge in [-0.2, -0.15) is 0 Å². The normalized spacial score (nSPS) is 10.7. The number of hydrogen-bond donors (Lipinski definition) is 1. The fourth-order valence-corrected chi connectivity index (χ4v) is 3.36. The predicted octanol–water partition coefficient (Wildman–Crippen LogP) is 3.23. The average Bonchev–Trinajstić information content (AvgIpc) is 2.86. The van der Waals surface area contributed by atoms with Gasteiger partial charge < -0.3 is 19.4 Å². The molecule has 0 aliphatic carbocycles. The zero-order valence-corrected chi connectivity index (χ0v) is 14.1. The molecule has 0 saturated carbocycles. The summed E-state index contributed by atoms with van der Waals surface area (Å²) in [5, 5.41) is 3.37. The van der Waals surface area contributed by atoms with Crippen molar-refractivity contribution in [2.24, 2.45) is 7.05 Å². The standard InChI is InChI=1S/C17H18N2O3S/c1-19-13-6-5-12(9-16(13)23-17(19)20)18-10-11-4-7-14(21-2)15(8-11)22-3/h4-9,18H,10H2,1-3H3. The number of rotatable bonds is 5. The van der Waals surface area contributed by atoms with Crippen LogP contribution in [0, 0.1) is 0 Å². The molecular weight excluding hydrogens is 312 g/mol. The molecule has 1 heterocycles. The van der Waals surface area contributed by atoms with Gasteiger partial charge in [0.1, 0.15) is 0 Å². The molecule has 6 heteroatoms. The first-order valence-corrected chi connectivity index (χ1v) is 7.98. The van der Waals surface area contributed by atoms with Crippen LogP contribution in [0.5, 0.6) is 11.5 Å². The van der Waals surface area contributed by atoms with E-state index in [0.29, 0.717) is 18.0 Å². The molecule has 0 bridgehead atoms. The quantitative estimate of drug-likeness (QED) is 0.780. The van der Waals surface area contributed by atoms with E-state index in [1.54, 1.807) is 25.8 Å². The minimum Gasteiger partial charge on any atom is -0.493 e. The Balaban J connectivity index is 1.79. The van der Waals surface area contributed by atoms with Gasteiger partial charge >= 0.3 is 4.87 Å². The van der Waals surface area contributed by atoms with Crippen molar-refractivity contribution in [2.45, 2.75) is 6.54 Å². The summed E-state index contributed by atoms with van der Waals surface area (Å²) in [7, 11) is 5.04. The highest BCUT2D eigenvalue weighted by atomic mass is 32.1. The summed E-state index contributed by atoms with van der Waals surface area (Å²) in [5.74, 6) is 1.43. The molecule has 3 aromatic rings. The number of benzene rings is 2. The number of thiazole rings is 1. The Hall–Kier alpha value is -2.47. The van der Waals surface area contributed by atoms with Crippen LogP contribution in [0.3, 0.4) is 0 Å². The average molecular weight is 330 g/mol. The zero-order chi connectivity index (χ0) is 16.4. The Morgan fingerprint density at radius 2 is 1.87 bits per heavy atom. The van der Waals surface area contributed by atoms with Crippen molar-refractivity contribution in [2.75, 3.05) is 19.5 Å². The van der Waals surface area contributed by atoms with Crippen LogP contribution in [0.2, 0.25) is 0 Å². The third-order valence-electron chi connectivity index (χ3n) is 3.74. The lowest BCUT2D eigenvalue weighted by molar-refractivity contribution is 0.354. The number of fused-ring (bicyclic) bond motifs is 1. The van der Waals surface area contributed by atoms with Crippen molar-refractivity contribution in [1.29, 1.82) is 0 Å². The third-order valence-corrected chi connectivity index (χ3v) is 4.73. The summed E-state index contributed by atoms with van der Waals surface area (Å²) in [6, 6.07) is 11.8. The van der Waals surface area contributed by atoms with Crippen molar-refractivity contribution in [3.8, 4) is 11.5 Å². The van der Waals surface area contributed by atoms with Crippen LogP contribution < -0.4 is 19.7 Å². The van der Waals surface area contributed by atoms with E-state index in [4.69, 9.17) is 9.47 Å². The molecule has 23 heavy (non-hydrogen) atoms. The molecule has 0 unspecified atom stereocenters. The summed E-state index contributed by atoms with van der Waals surface area (Å²) >= 11 is 1.26. The van der Waals surface area contributed by atoms with E-state index in [9.17, 15) is 4.79 Å². The lowest BCUT2D eigenvalue weighted by atomic mass is 10.2. The minimum absolute atomic E-state index is 0.0528. The largest absolute Gasteiger partial charge is 0.493 e. The van der Waals surface area contributed by atoms with Crippen LogP contribution in [-0.2, 0) is 13.6 Å². The van der Waals surface area contributed by atoms with Gasteiger partial charge in [-0.15, -0.1) is 0 Å². The summed E-state index contributed by atoms with van der Waals surface area (Å²) < 4.78 is 13.2. The SMILES string of the molecule is COc1ccc(CNc2ccc3c(c2)sc(=O)n3C)cc1OC. The van der Waals surface area contributed by atoms with E-state index in [1.165, 1.54) is 11.3 Å². The minimum atomic E-state index is 0.0528. The highest BCUT2D eigenvalue weighted by Crippen LogP contribution is 2.28. The van der Waals surface area contributed by atoms with E-state index < -0.39 is 0 Å². The molecule has 1 N–H and O–H groups in total. The predicted molar refractivity (Wildman–Crippen MR) is 93.9 cm³/mol. The molecular formula is C17H18N2O3S. The first-order chi connectivity index (χ1) is 11.1. The summed E-state index contributed by atoms with van der Waals surface area (Å²) in [6.45, 7) is 0.660. The Morgan fingerprint density at radius 1 is 1.09 bits per heavy atom. The summed E-state index contributed by atoms with van der Waals surface area (Å²) in [5.41, 5.74) is 3.02. The van der Waals surface area contributed by atoms with Crippen LogP contribution in [0.4, 0.5) is 5.69 Å². The number of nitrogens with one attached hydrogen (secondary N) is 1. The molecule has 0 radical (unpaired) electrons. The fourth-order valence-electron chi connectivity index (χ4n) is 2.44. The number of ether oxygens (including phenoxy) is 2. The lowest BCUT2D eigenvalue weighted by Gasteiger charge is -2.11. The number of aromatic nitrogens is 1. The van der Waals surface area contributed by atoms with Gasteiger partial charge in [-0.05, 0) is 35.9 Å². The Labute approximate surface area is 138 Å². The molecule has 0 aliphatic rings. The molecule has 0 atom stereocenters. The van der Waals surface area contributed by atoms with Crippen molar-refractivity contribution in [3.63, 3.8) is 0 Å². The first kappa shape index (κ1) is 15.4. The maximum absolute atomic E-state index is 11.7. The van der Waals surface area contributed by atoms with Crippen LogP contribution in [0.15, 0.2) is 41.2 Å². The van der Waals surface area contributed by atoms with E-state index in [1.807, 2.05) is 36.4 Å². The zero-order valence-electron chi connectivity index (χ0n) is 13.3. The topological polar surface area (TPSA) is 52.5 Å². The molecule has 1 aromatic heterocycles. The monoisotopic (exact) mass is 330 g/mol. The molecule has 3 rings (SSSR count). The van der Waals surface area contributed by atoms with Crippen LogP contribution in [0.25, 0.3) is 10.2 Å². The maximum atomic E-state index is 11.7. The van der Waals surface area contributed by atoms with Crippen molar-refractivity contribution in [3.05, 3.63) is 51.6 Å². The van der Waals surface area contributed by atoms with Crippen molar-refractivity contribution < 1.29 is 9.47 Å². The number of nitrogens with zero attached hydrogens (tertiary/aromatic N) is 1. The highest BCUT2D eigenvalue weighted by molar-refractivity contribution is 7.16. The van der Waals surface area contributed by atoms with Gasteiger partial charge in [0.2, 0.25) is 0 Å². The molecule has 0 saturated heterocycles. The second-order valence-corrected chi connectivity index (χ2v) is 6.15. The maximum Gasteiger partial charge on any atom is 0.307 e. The highest BCUT2D eigenvalue weighted by Gasteiger charge is 2.06. The number of anilines is 1. The van der Waals surface area contributed by atoms with Gasteiger partial charge in [0.15, 0.2) is 11.5 Å². The number of aryl methyl sites for hydroxylation is 1. The van der Waals surface area contributed by atoms with Gasteiger partial charge in [-0.25, -0.2) is 0 Å². The fraction of sp³-hybridized carbons (Fsp3) is 0.235. The van der Waals surface area contributed by atoms with E-state index in [0.717, 1.165) is 21.5 Å². The van der Waals surface area contributed by atoms with Gasteiger partial charge in [0, 0.05) is 19.3 Å².